The first-order valence-corrected chi connectivity index (χ1v) is 3.39. The third-order valence-corrected chi connectivity index (χ3v) is 2.11. The molecule has 1 aliphatic heterocycles. The minimum Gasteiger partial charge on any atom is -0.387 e. The lowest BCUT2D eigenvalue weighted by atomic mass is 10.0. The molecule has 2 N–H and O–H groups in total. The van der Waals surface area contributed by atoms with Gasteiger partial charge in [0, 0.05) is 12.7 Å². The summed E-state index contributed by atoms with van der Waals surface area (Å²) in [7, 11) is 0. The van der Waals surface area contributed by atoms with E-state index < -0.39 is 5.60 Å². The highest BCUT2D eigenvalue weighted by atomic mass is 35.5. The second-order valence-corrected chi connectivity index (χ2v) is 2.67. The fraction of sp³-hybridized carbons (Fsp3) is 0.667. The maximum absolute atomic E-state index is 9.51. The third-order valence-electron chi connectivity index (χ3n) is 1.65. The zero-order chi connectivity index (χ0) is 6.91. The number of rotatable bonds is 1. The molecule has 0 amide bonds. The van der Waals surface area contributed by atoms with Gasteiger partial charge in [0.05, 0.1) is 5.03 Å². The van der Waals surface area contributed by atoms with Gasteiger partial charge in [0.25, 0.3) is 0 Å². The zero-order valence-electron chi connectivity index (χ0n) is 5.32. The predicted octanol–water partition coefficient (Wildman–Crippen LogP) is 0.811. The number of hydrogen-bond donors (Lipinski definition) is 2. The number of aliphatic hydroxyl groups is 1. The Labute approximate surface area is 59.5 Å². The third kappa shape index (κ3) is 1.05. The Kier molecular flexibility index (Phi) is 1.68. The quantitative estimate of drug-likeness (QED) is 0.576. The normalized spacial score (nSPS) is 33.9. The smallest absolute Gasteiger partial charge is 0.118 e. The van der Waals surface area contributed by atoms with Gasteiger partial charge in [0.15, 0.2) is 0 Å². The summed E-state index contributed by atoms with van der Waals surface area (Å²) >= 11 is 5.67. The van der Waals surface area contributed by atoms with Crippen LogP contribution in [0.25, 0.3) is 0 Å². The lowest BCUT2D eigenvalue weighted by Crippen LogP contribution is -2.32. The minimum atomic E-state index is -0.790. The molecule has 0 saturated carbocycles. The molecule has 0 aromatic rings. The molecule has 0 fully saturated rings. The Morgan fingerprint density at radius 3 is 2.89 bits per heavy atom. The van der Waals surface area contributed by atoms with Gasteiger partial charge in [-0.05, 0) is 6.42 Å². The Hall–Kier alpha value is -0.210. The molecule has 1 unspecified atom stereocenters. The molecule has 0 radical (unpaired) electrons. The van der Waals surface area contributed by atoms with Crippen molar-refractivity contribution in [1.82, 2.24) is 5.32 Å². The molecule has 9 heavy (non-hydrogen) atoms. The van der Waals surface area contributed by atoms with Gasteiger partial charge in [-0.3, -0.25) is 0 Å². The summed E-state index contributed by atoms with van der Waals surface area (Å²) < 4.78 is 0. The molecule has 1 atom stereocenters. The fourth-order valence-corrected chi connectivity index (χ4v) is 1.10. The lowest BCUT2D eigenvalue weighted by molar-refractivity contribution is 0.0944. The van der Waals surface area contributed by atoms with E-state index in [4.69, 9.17) is 11.6 Å². The minimum absolute atomic E-state index is 0.519. The topological polar surface area (TPSA) is 32.3 Å². The molecule has 1 rings (SSSR count). The number of halogens is 1. The van der Waals surface area contributed by atoms with Crippen LogP contribution in [0.3, 0.4) is 0 Å². The largest absolute Gasteiger partial charge is 0.387 e. The summed E-state index contributed by atoms with van der Waals surface area (Å²) in [6.45, 7) is 2.45. The van der Waals surface area contributed by atoms with Gasteiger partial charge < -0.3 is 10.4 Å². The van der Waals surface area contributed by atoms with Crippen molar-refractivity contribution < 1.29 is 5.11 Å². The van der Waals surface area contributed by atoms with Gasteiger partial charge in [0.2, 0.25) is 0 Å². The molecule has 0 aromatic carbocycles. The molecule has 52 valence electrons. The molecular weight excluding hydrogens is 138 g/mol. The summed E-state index contributed by atoms with van der Waals surface area (Å²) in [5.41, 5.74) is -0.790. The summed E-state index contributed by atoms with van der Waals surface area (Å²) in [4.78, 5) is 0. The van der Waals surface area contributed by atoms with E-state index in [2.05, 4.69) is 5.32 Å². The number of nitrogens with one attached hydrogen (secondary N) is 1. The van der Waals surface area contributed by atoms with Crippen molar-refractivity contribution in [3.63, 3.8) is 0 Å². The van der Waals surface area contributed by atoms with Crippen LogP contribution in [0.1, 0.15) is 13.3 Å². The molecule has 3 heteroatoms. The first-order chi connectivity index (χ1) is 4.19. The van der Waals surface area contributed by atoms with Gasteiger partial charge in [-0.15, -0.1) is 0 Å². The fourth-order valence-electron chi connectivity index (χ4n) is 0.822. The van der Waals surface area contributed by atoms with Crippen LogP contribution in [0.4, 0.5) is 0 Å². The maximum Gasteiger partial charge on any atom is 0.118 e. The van der Waals surface area contributed by atoms with Gasteiger partial charge in [0.1, 0.15) is 5.60 Å². The summed E-state index contributed by atoms with van der Waals surface area (Å²) in [5, 5.41) is 12.9. The van der Waals surface area contributed by atoms with Crippen molar-refractivity contribution in [2.45, 2.75) is 18.9 Å². The van der Waals surface area contributed by atoms with Crippen molar-refractivity contribution in [1.29, 1.82) is 0 Å². The molecule has 0 saturated heterocycles. The van der Waals surface area contributed by atoms with Gasteiger partial charge >= 0.3 is 0 Å². The Bertz CT molecular complexity index is 146. The van der Waals surface area contributed by atoms with E-state index in [-0.39, 0.29) is 0 Å². The van der Waals surface area contributed by atoms with E-state index in [9.17, 15) is 5.11 Å². The highest BCUT2D eigenvalue weighted by Gasteiger charge is 2.31. The molecule has 0 aromatic heterocycles. The van der Waals surface area contributed by atoms with E-state index in [0.717, 1.165) is 0 Å². The molecule has 0 aliphatic carbocycles. The van der Waals surface area contributed by atoms with Crippen LogP contribution in [0.15, 0.2) is 11.2 Å². The Morgan fingerprint density at radius 1 is 2.00 bits per heavy atom. The summed E-state index contributed by atoms with van der Waals surface area (Å²) in [6, 6.07) is 0. The molecule has 2 nitrogen and oxygen atoms in total. The number of β-amino-alcohol motifs (C(OH)–C–C–N with tert-alkyl or cyclic N) is 1. The van der Waals surface area contributed by atoms with Crippen molar-refractivity contribution in [3.8, 4) is 0 Å². The van der Waals surface area contributed by atoms with E-state index in [0.29, 0.717) is 18.0 Å². The number of hydrogen-bond acceptors (Lipinski definition) is 2. The lowest BCUT2D eigenvalue weighted by Gasteiger charge is -2.19. The van der Waals surface area contributed by atoms with Crippen LogP contribution in [-0.4, -0.2) is 17.3 Å². The van der Waals surface area contributed by atoms with Crippen molar-refractivity contribution in [2.24, 2.45) is 0 Å². The van der Waals surface area contributed by atoms with Crippen LogP contribution >= 0.6 is 11.6 Å². The molecule has 1 heterocycles. The van der Waals surface area contributed by atoms with E-state index in [1.165, 1.54) is 0 Å². The SMILES string of the molecule is CCC1(O)CNC=C1Cl. The highest BCUT2D eigenvalue weighted by Crippen LogP contribution is 2.26. The zero-order valence-corrected chi connectivity index (χ0v) is 6.07. The van der Waals surface area contributed by atoms with Crippen LogP contribution in [0.5, 0.6) is 0 Å². The molecule has 1 aliphatic rings. The molecular formula is C6H10ClNO. The van der Waals surface area contributed by atoms with Crippen molar-refractivity contribution in [2.75, 3.05) is 6.54 Å². The Balaban J connectivity index is 2.70. The highest BCUT2D eigenvalue weighted by molar-refractivity contribution is 6.30. The Morgan fingerprint density at radius 2 is 2.67 bits per heavy atom. The van der Waals surface area contributed by atoms with Gasteiger partial charge in [-0.1, -0.05) is 18.5 Å². The molecule has 0 bridgehead atoms. The monoisotopic (exact) mass is 147 g/mol. The summed E-state index contributed by atoms with van der Waals surface area (Å²) in [5.74, 6) is 0. The van der Waals surface area contributed by atoms with Crippen molar-refractivity contribution >= 4 is 11.6 Å². The second-order valence-electron chi connectivity index (χ2n) is 2.26. The van der Waals surface area contributed by atoms with Crippen LogP contribution < -0.4 is 5.32 Å². The van der Waals surface area contributed by atoms with E-state index in [1.54, 1.807) is 6.20 Å². The average molecular weight is 148 g/mol. The standard InChI is InChI=1S/C6H10ClNO/c1-2-6(9)4-8-3-5(6)7/h3,8-9H,2,4H2,1H3. The van der Waals surface area contributed by atoms with Crippen LogP contribution in [0, 0.1) is 0 Å². The van der Waals surface area contributed by atoms with Crippen LogP contribution in [-0.2, 0) is 0 Å². The second kappa shape index (κ2) is 2.20. The average Bonchev–Trinajstić information content (AvgIpc) is 2.15. The van der Waals surface area contributed by atoms with Crippen LogP contribution in [0.2, 0.25) is 0 Å². The first-order valence-electron chi connectivity index (χ1n) is 3.01. The summed E-state index contributed by atoms with van der Waals surface area (Å²) in [6.07, 6.45) is 2.31. The van der Waals surface area contributed by atoms with E-state index in [1.807, 2.05) is 6.92 Å². The predicted molar refractivity (Wildman–Crippen MR) is 37.2 cm³/mol. The van der Waals surface area contributed by atoms with Crippen molar-refractivity contribution in [3.05, 3.63) is 11.2 Å². The molecule has 0 spiro atoms. The van der Waals surface area contributed by atoms with E-state index >= 15 is 0 Å². The first kappa shape index (κ1) is 6.90. The maximum atomic E-state index is 9.51. The van der Waals surface area contributed by atoms with Gasteiger partial charge in [-0.2, -0.15) is 0 Å². The van der Waals surface area contributed by atoms with Gasteiger partial charge in [-0.25, -0.2) is 0 Å².